The SMILES string of the molecule is CN(Cc1ccc(C(C)(C)C)cc1)C(=O)[C@@H]1CC(=O)Nc2cc(F)ccc21. The normalized spacial score (nSPS) is 16.5. The van der Waals surface area contributed by atoms with E-state index in [-0.39, 0.29) is 23.7 Å². The average molecular weight is 368 g/mol. The number of fused-ring (bicyclic) bond motifs is 1. The van der Waals surface area contributed by atoms with E-state index in [9.17, 15) is 14.0 Å². The van der Waals surface area contributed by atoms with Gasteiger partial charge in [-0.3, -0.25) is 9.59 Å². The quantitative estimate of drug-likeness (QED) is 0.882. The average Bonchev–Trinajstić information content (AvgIpc) is 2.59. The lowest BCUT2D eigenvalue weighted by Gasteiger charge is -2.29. The van der Waals surface area contributed by atoms with Gasteiger partial charge in [0.25, 0.3) is 0 Å². The van der Waals surface area contributed by atoms with E-state index in [2.05, 4.69) is 38.2 Å². The van der Waals surface area contributed by atoms with Crippen LogP contribution < -0.4 is 5.32 Å². The van der Waals surface area contributed by atoms with Crippen LogP contribution in [0.4, 0.5) is 10.1 Å². The molecule has 2 aromatic rings. The van der Waals surface area contributed by atoms with Crippen LogP contribution in [0.3, 0.4) is 0 Å². The number of benzene rings is 2. The van der Waals surface area contributed by atoms with E-state index in [4.69, 9.17) is 0 Å². The summed E-state index contributed by atoms with van der Waals surface area (Å²) in [4.78, 5) is 26.6. The van der Waals surface area contributed by atoms with Crippen molar-refractivity contribution in [3.05, 3.63) is 65.0 Å². The van der Waals surface area contributed by atoms with Gasteiger partial charge in [0.1, 0.15) is 5.82 Å². The van der Waals surface area contributed by atoms with Crippen molar-refractivity contribution in [2.75, 3.05) is 12.4 Å². The van der Waals surface area contributed by atoms with Gasteiger partial charge in [0.05, 0.1) is 5.92 Å². The minimum Gasteiger partial charge on any atom is -0.341 e. The van der Waals surface area contributed by atoms with Gasteiger partial charge in [-0.05, 0) is 34.2 Å². The Balaban J connectivity index is 1.77. The Morgan fingerprint density at radius 3 is 2.48 bits per heavy atom. The molecular weight excluding hydrogens is 343 g/mol. The van der Waals surface area contributed by atoms with Crippen LogP contribution in [0, 0.1) is 5.82 Å². The molecule has 0 aromatic heterocycles. The molecule has 1 aliphatic heterocycles. The smallest absolute Gasteiger partial charge is 0.230 e. The molecule has 1 N–H and O–H groups in total. The van der Waals surface area contributed by atoms with E-state index in [1.54, 1.807) is 18.0 Å². The minimum absolute atomic E-state index is 0.0742. The molecule has 4 nitrogen and oxygen atoms in total. The van der Waals surface area contributed by atoms with E-state index in [0.717, 1.165) is 5.56 Å². The Bertz CT molecular complexity index is 869. The minimum atomic E-state index is -0.590. The van der Waals surface area contributed by atoms with Gasteiger partial charge in [0, 0.05) is 25.7 Å². The number of likely N-dealkylation sites (N-methyl/N-ethyl adjacent to an activating group) is 1. The molecule has 0 saturated carbocycles. The fourth-order valence-corrected chi connectivity index (χ4v) is 3.39. The summed E-state index contributed by atoms with van der Waals surface area (Å²) in [5.74, 6) is -1.44. The lowest BCUT2D eigenvalue weighted by molar-refractivity contribution is -0.134. The maximum atomic E-state index is 13.5. The molecule has 0 saturated heterocycles. The number of hydrogen-bond donors (Lipinski definition) is 1. The highest BCUT2D eigenvalue weighted by molar-refractivity contribution is 6.01. The number of carbonyl (C=O) groups is 2. The molecule has 142 valence electrons. The van der Waals surface area contributed by atoms with Gasteiger partial charge in [-0.15, -0.1) is 0 Å². The van der Waals surface area contributed by atoms with Gasteiger partial charge in [0.15, 0.2) is 0 Å². The van der Waals surface area contributed by atoms with Crippen LogP contribution in [-0.2, 0) is 21.5 Å². The summed E-state index contributed by atoms with van der Waals surface area (Å²) >= 11 is 0. The second-order valence-electron chi connectivity index (χ2n) is 8.18. The van der Waals surface area contributed by atoms with Crippen LogP contribution in [0.15, 0.2) is 42.5 Å². The highest BCUT2D eigenvalue weighted by atomic mass is 19.1. The number of amides is 2. The number of halogens is 1. The Hall–Kier alpha value is -2.69. The molecule has 1 heterocycles. The molecule has 2 amide bonds. The topological polar surface area (TPSA) is 49.4 Å². The van der Waals surface area contributed by atoms with E-state index in [1.807, 2.05) is 12.1 Å². The van der Waals surface area contributed by atoms with Crippen LogP contribution in [0.2, 0.25) is 0 Å². The van der Waals surface area contributed by atoms with Gasteiger partial charge in [-0.1, -0.05) is 51.1 Å². The molecule has 1 atom stereocenters. The van der Waals surface area contributed by atoms with Crippen LogP contribution in [0.25, 0.3) is 0 Å². The van der Waals surface area contributed by atoms with Crippen molar-refractivity contribution in [1.82, 2.24) is 4.90 Å². The molecule has 0 radical (unpaired) electrons. The number of anilines is 1. The van der Waals surface area contributed by atoms with Crippen molar-refractivity contribution in [1.29, 1.82) is 0 Å². The van der Waals surface area contributed by atoms with Crippen molar-refractivity contribution in [2.45, 2.75) is 45.1 Å². The zero-order valence-corrected chi connectivity index (χ0v) is 16.2. The highest BCUT2D eigenvalue weighted by Crippen LogP contribution is 2.34. The summed E-state index contributed by atoms with van der Waals surface area (Å²) in [6.07, 6.45) is 0.0742. The summed E-state index contributed by atoms with van der Waals surface area (Å²) < 4.78 is 13.5. The third-order valence-corrected chi connectivity index (χ3v) is 4.97. The van der Waals surface area contributed by atoms with Crippen molar-refractivity contribution in [3.63, 3.8) is 0 Å². The first kappa shape index (κ1) is 19.1. The molecule has 3 rings (SSSR count). The molecule has 5 heteroatoms. The predicted octanol–water partition coefficient (Wildman–Crippen LogP) is 4.21. The second kappa shape index (κ2) is 7.14. The third kappa shape index (κ3) is 4.18. The van der Waals surface area contributed by atoms with Gasteiger partial charge < -0.3 is 10.2 Å². The summed E-state index contributed by atoms with van der Waals surface area (Å²) in [5.41, 5.74) is 3.39. The molecule has 2 aromatic carbocycles. The maximum absolute atomic E-state index is 13.5. The molecule has 0 aliphatic carbocycles. The fraction of sp³-hybridized carbons (Fsp3) is 0.364. The van der Waals surface area contributed by atoms with E-state index < -0.39 is 11.7 Å². The van der Waals surface area contributed by atoms with Crippen LogP contribution >= 0.6 is 0 Å². The summed E-state index contributed by atoms with van der Waals surface area (Å²) in [7, 11) is 1.73. The van der Waals surface area contributed by atoms with Crippen LogP contribution in [0.5, 0.6) is 0 Å². The number of nitrogens with one attached hydrogen (secondary N) is 1. The Kier molecular flexibility index (Phi) is 5.05. The number of hydrogen-bond acceptors (Lipinski definition) is 2. The van der Waals surface area contributed by atoms with E-state index in [1.165, 1.54) is 17.7 Å². The monoisotopic (exact) mass is 368 g/mol. The number of carbonyl (C=O) groups excluding carboxylic acids is 2. The summed E-state index contributed by atoms with van der Waals surface area (Å²) in [6, 6.07) is 12.4. The fourth-order valence-electron chi connectivity index (χ4n) is 3.39. The standard InChI is InChI=1S/C22H25FN2O2/c1-22(2,3)15-7-5-14(6-8-15)13-25(4)21(27)18-12-20(26)24-19-11-16(23)9-10-17(18)19/h5-11,18H,12-13H2,1-4H3,(H,24,26)/t18-/m1/s1. The highest BCUT2D eigenvalue weighted by Gasteiger charge is 2.32. The molecule has 0 bridgehead atoms. The number of rotatable bonds is 3. The number of nitrogens with zero attached hydrogens (tertiary/aromatic N) is 1. The van der Waals surface area contributed by atoms with Crippen molar-refractivity contribution >= 4 is 17.5 Å². The lowest BCUT2D eigenvalue weighted by Crippen LogP contribution is -2.36. The first-order chi connectivity index (χ1) is 12.6. The van der Waals surface area contributed by atoms with Gasteiger partial charge in [-0.25, -0.2) is 4.39 Å². The summed E-state index contributed by atoms with van der Waals surface area (Å²) in [6.45, 7) is 6.93. The zero-order chi connectivity index (χ0) is 19.8. The molecule has 27 heavy (non-hydrogen) atoms. The largest absolute Gasteiger partial charge is 0.341 e. The maximum Gasteiger partial charge on any atom is 0.230 e. The van der Waals surface area contributed by atoms with Crippen molar-refractivity contribution in [3.8, 4) is 0 Å². The predicted molar refractivity (Wildman–Crippen MR) is 104 cm³/mol. The van der Waals surface area contributed by atoms with Gasteiger partial charge in [-0.2, -0.15) is 0 Å². The molecule has 0 unspecified atom stereocenters. The van der Waals surface area contributed by atoms with Crippen molar-refractivity contribution < 1.29 is 14.0 Å². The van der Waals surface area contributed by atoms with E-state index in [0.29, 0.717) is 17.8 Å². The molecule has 0 spiro atoms. The summed E-state index contributed by atoms with van der Waals surface area (Å²) in [5, 5.41) is 2.64. The van der Waals surface area contributed by atoms with E-state index >= 15 is 0 Å². The first-order valence-electron chi connectivity index (χ1n) is 9.09. The molecular formula is C22H25FN2O2. The first-order valence-corrected chi connectivity index (χ1v) is 9.09. The lowest BCUT2D eigenvalue weighted by atomic mass is 9.86. The van der Waals surface area contributed by atoms with Crippen LogP contribution in [-0.4, -0.2) is 23.8 Å². The molecule has 1 aliphatic rings. The molecule has 0 fully saturated rings. The van der Waals surface area contributed by atoms with Gasteiger partial charge in [0.2, 0.25) is 11.8 Å². The Morgan fingerprint density at radius 2 is 1.85 bits per heavy atom. The Labute approximate surface area is 159 Å². The van der Waals surface area contributed by atoms with Gasteiger partial charge >= 0.3 is 0 Å². The third-order valence-electron chi connectivity index (χ3n) is 4.97. The van der Waals surface area contributed by atoms with Crippen LogP contribution in [0.1, 0.15) is 49.8 Å². The zero-order valence-electron chi connectivity index (χ0n) is 16.2. The van der Waals surface area contributed by atoms with Crippen molar-refractivity contribution in [2.24, 2.45) is 0 Å². The second-order valence-corrected chi connectivity index (χ2v) is 8.18. The Morgan fingerprint density at radius 1 is 1.19 bits per heavy atom.